The van der Waals surface area contributed by atoms with Crippen molar-refractivity contribution in [1.29, 1.82) is 0 Å². The lowest BCUT2D eigenvalue weighted by Crippen LogP contribution is -2.07. The molecule has 0 aliphatic heterocycles. The van der Waals surface area contributed by atoms with E-state index in [0.717, 1.165) is 22.3 Å². The molecule has 0 spiro atoms. The Balaban J connectivity index is 1.87. The zero-order chi connectivity index (χ0) is 13.9. The molecule has 0 amide bonds. The summed E-state index contributed by atoms with van der Waals surface area (Å²) in [5.41, 5.74) is 3.04. The number of aromatic nitrogens is 2. The molecule has 0 atom stereocenters. The van der Waals surface area contributed by atoms with Crippen LogP contribution in [0.3, 0.4) is 0 Å². The standard InChI is InChI=1S/C17H14N2O/c1-12-5-4-8-16(18-12)17(20)11-14-10-9-13-6-2-3-7-15(13)19-14/h2-10H,11H2,1H3. The minimum absolute atomic E-state index is 0.00326. The van der Waals surface area contributed by atoms with E-state index in [1.807, 2.05) is 55.5 Å². The number of Topliss-reactive ketones (excluding diaryl/α,β-unsaturated/α-hetero) is 1. The van der Waals surface area contributed by atoms with E-state index >= 15 is 0 Å². The summed E-state index contributed by atoms with van der Waals surface area (Å²) in [6.45, 7) is 1.88. The second-order valence-electron chi connectivity index (χ2n) is 4.76. The van der Waals surface area contributed by atoms with Crippen molar-refractivity contribution in [3.63, 3.8) is 0 Å². The largest absolute Gasteiger partial charge is 0.292 e. The van der Waals surface area contributed by atoms with Crippen LogP contribution in [-0.2, 0) is 6.42 Å². The lowest BCUT2D eigenvalue weighted by Gasteiger charge is -2.03. The summed E-state index contributed by atoms with van der Waals surface area (Å²) in [6.07, 6.45) is 0.279. The molecule has 0 radical (unpaired) electrons. The van der Waals surface area contributed by atoms with Gasteiger partial charge in [0.2, 0.25) is 0 Å². The van der Waals surface area contributed by atoms with E-state index in [2.05, 4.69) is 9.97 Å². The van der Waals surface area contributed by atoms with Crippen LogP contribution in [0.5, 0.6) is 0 Å². The van der Waals surface area contributed by atoms with Gasteiger partial charge in [0.15, 0.2) is 5.78 Å². The lowest BCUT2D eigenvalue weighted by atomic mass is 10.1. The van der Waals surface area contributed by atoms with Crippen LogP contribution in [0.25, 0.3) is 10.9 Å². The fourth-order valence-electron chi connectivity index (χ4n) is 2.16. The van der Waals surface area contributed by atoms with Gasteiger partial charge in [-0.05, 0) is 31.2 Å². The Morgan fingerprint density at radius 3 is 2.65 bits per heavy atom. The van der Waals surface area contributed by atoms with E-state index in [0.29, 0.717) is 5.69 Å². The summed E-state index contributed by atoms with van der Waals surface area (Å²) in [5, 5.41) is 1.08. The smallest absolute Gasteiger partial charge is 0.187 e. The first-order valence-electron chi connectivity index (χ1n) is 6.54. The summed E-state index contributed by atoms with van der Waals surface area (Å²) < 4.78 is 0. The number of aryl methyl sites for hydroxylation is 1. The maximum absolute atomic E-state index is 12.2. The molecule has 0 fully saturated rings. The Bertz CT molecular complexity index is 781. The van der Waals surface area contributed by atoms with Gasteiger partial charge in [0.1, 0.15) is 5.69 Å². The number of ketones is 1. The van der Waals surface area contributed by atoms with Crippen LogP contribution in [0.4, 0.5) is 0 Å². The zero-order valence-corrected chi connectivity index (χ0v) is 11.2. The van der Waals surface area contributed by atoms with E-state index < -0.39 is 0 Å². The molecule has 0 unspecified atom stereocenters. The van der Waals surface area contributed by atoms with Gasteiger partial charge in [-0.25, -0.2) is 0 Å². The van der Waals surface area contributed by atoms with Crippen LogP contribution in [-0.4, -0.2) is 15.8 Å². The highest BCUT2D eigenvalue weighted by Gasteiger charge is 2.10. The molecule has 0 aliphatic rings. The molecular formula is C17H14N2O. The number of pyridine rings is 2. The number of hydrogen-bond donors (Lipinski definition) is 0. The monoisotopic (exact) mass is 262 g/mol. The predicted octanol–water partition coefficient (Wildman–Crippen LogP) is 3.36. The Morgan fingerprint density at radius 1 is 0.950 bits per heavy atom. The molecular weight excluding hydrogens is 248 g/mol. The molecule has 0 saturated carbocycles. The lowest BCUT2D eigenvalue weighted by molar-refractivity contribution is 0.0987. The van der Waals surface area contributed by atoms with Crippen LogP contribution in [0.1, 0.15) is 21.9 Å². The van der Waals surface area contributed by atoms with E-state index in [1.54, 1.807) is 6.07 Å². The van der Waals surface area contributed by atoms with Crippen LogP contribution in [0.2, 0.25) is 0 Å². The fourth-order valence-corrected chi connectivity index (χ4v) is 2.16. The molecule has 0 N–H and O–H groups in total. The van der Waals surface area contributed by atoms with Gasteiger partial charge in [0, 0.05) is 16.8 Å². The van der Waals surface area contributed by atoms with Gasteiger partial charge in [-0.1, -0.05) is 30.3 Å². The van der Waals surface area contributed by atoms with Crippen LogP contribution >= 0.6 is 0 Å². The minimum atomic E-state index is -0.00326. The molecule has 3 rings (SSSR count). The Hall–Kier alpha value is -2.55. The average molecular weight is 262 g/mol. The number of carbonyl (C=O) groups excluding carboxylic acids is 1. The maximum atomic E-state index is 12.2. The number of nitrogens with zero attached hydrogens (tertiary/aromatic N) is 2. The third-order valence-corrected chi connectivity index (χ3v) is 3.17. The first kappa shape index (κ1) is 12.5. The summed E-state index contributed by atoms with van der Waals surface area (Å²) in [7, 11) is 0. The van der Waals surface area contributed by atoms with Gasteiger partial charge >= 0.3 is 0 Å². The molecule has 3 heteroatoms. The Kier molecular flexibility index (Phi) is 3.25. The molecule has 98 valence electrons. The molecule has 20 heavy (non-hydrogen) atoms. The second kappa shape index (κ2) is 5.21. The quantitative estimate of drug-likeness (QED) is 0.680. The van der Waals surface area contributed by atoms with E-state index in [-0.39, 0.29) is 12.2 Å². The molecule has 2 aromatic heterocycles. The Morgan fingerprint density at radius 2 is 1.80 bits per heavy atom. The third kappa shape index (κ3) is 2.57. The number of hydrogen-bond acceptors (Lipinski definition) is 3. The van der Waals surface area contributed by atoms with Crippen LogP contribution < -0.4 is 0 Å². The second-order valence-corrected chi connectivity index (χ2v) is 4.76. The van der Waals surface area contributed by atoms with Crippen LogP contribution in [0.15, 0.2) is 54.6 Å². The van der Waals surface area contributed by atoms with Crippen molar-refractivity contribution in [2.45, 2.75) is 13.3 Å². The number of fused-ring (bicyclic) bond motifs is 1. The highest BCUT2D eigenvalue weighted by Crippen LogP contribution is 2.13. The highest BCUT2D eigenvalue weighted by atomic mass is 16.1. The Labute approximate surface area is 117 Å². The first-order valence-corrected chi connectivity index (χ1v) is 6.54. The molecule has 0 saturated heterocycles. The summed E-state index contributed by atoms with van der Waals surface area (Å²) >= 11 is 0. The molecule has 0 aliphatic carbocycles. The van der Waals surface area contributed by atoms with Gasteiger partial charge in [-0.2, -0.15) is 0 Å². The zero-order valence-electron chi connectivity index (χ0n) is 11.2. The molecule has 0 bridgehead atoms. The summed E-state index contributed by atoms with van der Waals surface area (Å²) in [6, 6.07) is 17.3. The normalized spacial score (nSPS) is 10.7. The van der Waals surface area contributed by atoms with Gasteiger partial charge in [0.25, 0.3) is 0 Å². The van der Waals surface area contributed by atoms with Crippen LogP contribution in [0, 0.1) is 6.92 Å². The number of rotatable bonds is 3. The SMILES string of the molecule is Cc1cccc(C(=O)Cc2ccc3ccccc3n2)n1. The molecule has 3 nitrogen and oxygen atoms in total. The van der Waals surface area contributed by atoms with Gasteiger partial charge < -0.3 is 0 Å². The van der Waals surface area contributed by atoms with Crippen molar-refractivity contribution in [1.82, 2.24) is 9.97 Å². The van der Waals surface area contributed by atoms with Gasteiger partial charge in [-0.15, -0.1) is 0 Å². The van der Waals surface area contributed by atoms with E-state index in [1.165, 1.54) is 0 Å². The number of carbonyl (C=O) groups is 1. The van der Waals surface area contributed by atoms with Crippen molar-refractivity contribution < 1.29 is 4.79 Å². The number of para-hydroxylation sites is 1. The van der Waals surface area contributed by atoms with Crippen molar-refractivity contribution in [2.24, 2.45) is 0 Å². The first-order chi connectivity index (χ1) is 9.72. The third-order valence-electron chi connectivity index (χ3n) is 3.17. The summed E-state index contributed by atoms with van der Waals surface area (Å²) in [4.78, 5) is 21.0. The molecule has 2 heterocycles. The van der Waals surface area contributed by atoms with Crippen molar-refractivity contribution in [3.05, 3.63) is 71.7 Å². The minimum Gasteiger partial charge on any atom is -0.292 e. The van der Waals surface area contributed by atoms with Crippen molar-refractivity contribution in [3.8, 4) is 0 Å². The predicted molar refractivity (Wildman–Crippen MR) is 78.8 cm³/mol. The van der Waals surface area contributed by atoms with E-state index in [9.17, 15) is 4.79 Å². The van der Waals surface area contributed by atoms with E-state index in [4.69, 9.17) is 0 Å². The average Bonchev–Trinajstić information content (AvgIpc) is 2.47. The number of benzene rings is 1. The van der Waals surface area contributed by atoms with Crippen molar-refractivity contribution >= 4 is 16.7 Å². The fraction of sp³-hybridized carbons (Fsp3) is 0.118. The topological polar surface area (TPSA) is 42.9 Å². The maximum Gasteiger partial charge on any atom is 0.187 e. The summed E-state index contributed by atoms with van der Waals surface area (Å²) in [5.74, 6) is -0.00326. The highest BCUT2D eigenvalue weighted by molar-refractivity contribution is 5.95. The van der Waals surface area contributed by atoms with Crippen molar-refractivity contribution in [2.75, 3.05) is 0 Å². The molecule has 1 aromatic carbocycles. The molecule has 3 aromatic rings. The van der Waals surface area contributed by atoms with Gasteiger partial charge in [0.05, 0.1) is 11.9 Å². The van der Waals surface area contributed by atoms with Gasteiger partial charge in [-0.3, -0.25) is 14.8 Å².